The second-order valence-corrected chi connectivity index (χ2v) is 13.4. The highest BCUT2D eigenvalue weighted by Gasteiger charge is 2.16. The smallest absolute Gasteiger partial charge is 0.00988 e. The van der Waals surface area contributed by atoms with Crippen molar-refractivity contribution in [3.63, 3.8) is 0 Å². The van der Waals surface area contributed by atoms with Crippen molar-refractivity contribution in [3.8, 4) is 44.5 Å². The SMILES string of the molecule is c1ccc2cc(-c3cc4cc(-c5ccc6ccccc6c5)c(-c5ccc6ccccc6c5)cc4cc3-c3ccc4ccccc4c3)ccc2c1. The second kappa shape index (κ2) is 11.6. The molecule has 0 atom stereocenters. The summed E-state index contributed by atoms with van der Waals surface area (Å²) >= 11 is 0. The Labute approximate surface area is 291 Å². The van der Waals surface area contributed by atoms with Gasteiger partial charge >= 0.3 is 0 Å². The fourth-order valence-corrected chi connectivity index (χ4v) is 7.73. The monoisotopic (exact) mass is 632 g/mol. The predicted octanol–water partition coefficient (Wildman–Crippen LogP) is 14.1. The lowest BCUT2D eigenvalue weighted by atomic mass is 9.86. The third-order valence-electron chi connectivity index (χ3n) is 10.4. The van der Waals surface area contributed by atoms with E-state index in [0.717, 1.165) is 0 Å². The van der Waals surface area contributed by atoms with Crippen LogP contribution in [0, 0.1) is 0 Å². The van der Waals surface area contributed by atoms with E-state index in [-0.39, 0.29) is 0 Å². The van der Waals surface area contributed by atoms with E-state index >= 15 is 0 Å². The molecule has 0 saturated heterocycles. The first-order chi connectivity index (χ1) is 24.7. The molecule has 0 bridgehead atoms. The van der Waals surface area contributed by atoms with E-state index in [2.05, 4.69) is 194 Å². The maximum absolute atomic E-state index is 2.42. The summed E-state index contributed by atoms with van der Waals surface area (Å²) in [6, 6.07) is 71.7. The Bertz CT molecular complexity index is 2530. The van der Waals surface area contributed by atoms with E-state index < -0.39 is 0 Å². The van der Waals surface area contributed by atoms with Crippen LogP contribution in [0.1, 0.15) is 0 Å². The Kier molecular flexibility index (Phi) is 6.60. The number of fused-ring (bicyclic) bond motifs is 5. The molecule has 10 aromatic carbocycles. The maximum Gasteiger partial charge on any atom is -0.00988 e. The van der Waals surface area contributed by atoms with E-state index in [1.54, 1.807) is 0 Å². The highest BCUT2D eigenvalue weighted by atomic mass is 14.2. The van der Waals surface area contributed by atoms with Gasteiger partial charge in [0.25, 0.3) is 0 Å². The Morgan fingerprint density at radius 3 is 0.620 bits per heavy atom. The van der Waals surface area contributed by atoms with Gasteiger partial charge in [0.05, 0.1) is 0 Å². The van der Waals surface area contributed by atoms with Gasteiger partial charge < -0.3 is 0 Å². The molecule has 10 aromatic rings. The Balaban J connectivity index is 1.26. The lowest BCUT2D eigenvalue weighted by molar-refractivity contribution is 1.61. The lowest BCUT2D eigenvalue weighted by Gasteiger charge is -2.18. The van der Waals surface area contributed by atoms with Crippen LogP contribution in [0.15, 0.2) is 194 Å². The molecule has 0 aliphatic rings. The van der Waals surface area contributed by atoms with Gasteiger partial charge in [-0.05, 0) is 147 Å². The molecule has 0 radical (unpaired) electrons. The molecule has 232 valence electrons. The van der Waals surface area contributed by atoms with Gasteiger partial charge in [0.1, 0.15) is 0 Å². The summed E-state index contributed by atoms with van der Waals surface area (Å²) in [4.78, 5) is 0. The molecule has 0 amide bonds. The largest absolute Gasteiger partial charge is 0.0616 e. The van der Waals surface area contributed by atoms with Crippen LogP contribution >= 0.6 is 0 Å². The topological polar surface area (TPSA) is 0 Å². The van der Waals surface area contributed by atoms with Gasteiger partial charge in [0.15, 0.2) is 0 Å². The van der Waals surface area contributed by atoms with E-state index in [4.69, 9.17) is 0 Å². The zero-order chi connectivity index (χ0) is 33.0. The molecule has 0 heteroatoms. The van der Waals surface area contributed by atoms with E-state index in [1.165, 1.54) is 98.4 Å². The molecule has 0 heterocycles. The summed E-state index contributed by atoms with van der Waals surface area (Å²) in [5.41, 5.74) is 9.84. The van der Waals surface area contributed by atoms with Crippen LogP contribution in [0.3, 0.4) is 0 Å². The first-order valence-electron chi connectivity index (χ1n) is 17.3. The molecule has 0 aromatic heterocycles. The molecule has 0 saturated carbocycles. The van der Waals surface area contributed by atoms with Gasteiger partial charge in [-0.25, -0.2) is 0 Å². The fraction of sp³-hybridized carbons (Fsp3) is 0. The van der Waals surface area contributed by atoms with Crippen molar-refractivity contribution in [2.75, 3.05) is 0 Å². The Hall–Kier alpha value is -6.50. The van der Waals surface area contributed by atoms with Crippen LogP contribution < -0.4 is 0 Å². The van der Waals surface area contributed by atoms with Crippen molar-refractivity contribution in [2.24, 2.45) is 0 Å². The highest BCUT2D eigenvalue weighted by molar-refractivity contribution is 6.05. The Morgan fingerprint density at radius 1 is 0.160 bits per heavy atom. The van der Waals surface area contributed by atoms with Crippen LogP contribution in [-0.2, 0) is 0 Å². The van der Waals surface area contributed by atoms with Crippen molar-refractivity contribution >= 4 is 53.9 Å². The molecule has 0 nitrogen and oxygen atoms in total. The predicted molar refractivity (Wildman–Crippen MR) is 216 cm³/mol. The van der Waals surface area contributed by atoms with E-state index in [0.29, 0.717) is 0 Å². The van der Waals surface area contributed by atoms with Gasteiger partial charge in [-0.3, -0.25) is 0 Å². The van der Waals surface area contributed by atoms with E-state index in [1.807, 2.05) is 0 Å². The molecular weight excluding hydrogens is 601 g/mol. The van der Waals surface area contributed by atoms with Gasteiger partial charge in [0.2, 0.25) is 0 Å². The number of hydrogen-bond acceptors (Lipinski definition) is 0. The number of hydrogen-bond donors (Lipinski definition) is 0. The van der Waals surface area contributed by atoms with Crippen molar-refractivity contribution in [2.45, 2.75) is 0 Å². The van der Waals surface area contributed by atoms with Gasteiger partial charge in [-0.2, -0.15) is 0 Å². The molecule has 10 rings (SSSR count). The third-order valence-corrected chi connectivity index (χ3v) is 10.4. The van der Waals surface area contributed by atoms with E-state index in [9.17, 15) is 0 Å². The molecule has 0 fully saturated rings. The van der Waals surface area contributed by atoms with Crippen molar-refractivity contribution in [3.05, 3.63) is 194 Å². The highest BCUT2D eigenvalue weighted by Crippen LogP contribution is 2.43. The summed E-state index contributed by atoms with van der Waals surface area (Å²) in [5, 5.41) is 12.5. The normalized spacial score (nSPS) is 11.6. The van der Waals surface area contributed by atoms with Crippen molar-refractivity contribution in [1.29, 1.82) is 0 Å². The van der Waals surface area contributed by atoms with Crippen molar-refractivity contribution in [1.82, 2.24) is 0 Å². The summed E-state index contributed by atoms with van der Waals surface area (Å²) < 4.78 is 0. The third kappa shape index (κ3) is 4.93. The molecular formula is C50H32. The first-order valence-corrected chi connectivity index (χ1v) is 17.3. The minimum atomic E-state index is 1.22. The Morgan fingerprint density at radius 2 is 0.380 bits per heavy atom. The van der Waals surface area contributed by atoms with Gasteiger partial charge in [-0.1, -0.05) is 146 Å². The zero-order valence-corrected chi connectivity index (χ0v) is 27.5. The number of benzene rings is 10. The van der Waals surface area contributed by atoms with Crippen LogP contribution in [0.25, 0.3) is 98.4 Å². The second-order valence-electron chi connectivity index (χ2n) is 13.4. The average Bonchev–Trinajstić information content (AvgIpc) is 3.19. The fourth-order valence-electron chi connectivity index (χ4n) is 7.73. The summed E-state index contributed by atoms with van der Waals surface area (Å²) in [7, 11) is 0. The quantitative estimate of drug-likeness (QED) is 0.181. The molecule has 0 unspecified atom stereocenters. The average molecular weight is 633 g/mol. The molecule has 0 aliphatic carbocycles. The maximum atomic E-state index is 2.42. The lowest BCUT2D eigenvalue weighted by Crippen LogP contribution is -1.91. The van der Waals surface area contributed by atoms with Crippen molar-refractivity contribution < 1.29 is 0 Å². The molecule has 0 aliphatic heterocycles. The van der Waals surface area contributed by atoms with Gasteiger partial charge in [0, 0.05) is 0 Å². The van der Waals surface area contributed by atoms with Crippen LogP contribution in [0.4, 0.5) is 0 Å². The molecule has 0 N–H and O–H groups in total. The molecule has 50 heavy (non-hydrogen) atoms. The summed E-state index contributed by atoms with van der Waals surface area (Å²) in [6.07, 6.45) is 0. The van der Waals surface area contributed by atoms with Crippen LogP contribution in [0.2, 0.25) is 0 Å². The standard InChI is InChI=1S/C50H32/c1-5-13-37-25-41(21-17-33(37)9-1)47-29-45-31-49(43-23-19-35-11-3-7-15-39(35)27-43)50(44-24-20-36-12-4-8-16-40(36)28-44)32-46(45)30-48(47)42-22-18-34-10-2-6-14-38(34)26-42/h1-32H. The van der Waals surface area contributed by atoms with Crippen LogP contribution in [-0.4, -0.2) is 0 Å². The summed E-state index contributed by atoms with van der Waals surface area (Å²) in [6.45, 7) is 0. The number of rotatable bonds is 4. The minimum Gasteiger partial charge on any atom is -0.0616 e. The van der Waals surface area contributed by atoms with Gasteiger partial charge in [-0.15, -0.1) is 0 Å². The minimum absolute atomic E-state index is 1.22. The van der Waals surface area contributed by atoms with Crippen LogP contribution in [0.5, 0.6) is 0 Å². The molecule has 0 spiro atoms. The zero-order valence-electron chi connectivity index (χ0n) is 27.5. The first kappa shape index (κ1) is 28.5. The summed E-state index contributed by atoms with van der Waals surface area (Å²) in [5.74, 6) is 0.